The quantitative estimate of drug-likeness (QED) is 0.241. The summed E-state index contributed by atoms with van der Waals surface area (Å²) in [7, 11) is 7.68. The molecule has 0 bridgehead atoms. The number of guanidine groups is 1. The van der Waals surface area contributed by atoms with Gasteiger partial charge in [0.15, 0.2) is 5.96 Å². The van der Waals surface area contributed by atoms with E-state index in [1.807, 2.05) is 18.2 Å². The third-order valence-corrected chi connectivity index (χ3v) is 4.59. The molecule has 0 saturated heterocycles. The number of ether oxygens (including phenoxy) is 1. The van der Waals surface area contributed by atoms with Crippen molar-refractivity contribution >= 4 is 29.9 Å². The smallest absolute Gasteiger partial charge is 0.191 e. The normalized spacial score (nSPS) is 12.2. The van der Waals surface area contributed by atoms with Gasteiger partial charge in [0, 0.05) is 25.7 Å². The number of likely N-dealkylation sites (N-methyl/N-ethyl adjacent to an activating group) is 1. The standard InChI is InChI=1S/C22H32N4O.HI/c1-23-22(24-16-10-13-18-11-6-5-7-12-18)25-17-20(26(2)3)19-14-8-9-15-21(19)27-4;/h5-9,11-12,14-15,20H,10,13,16-17H2,1-4H3,(H2,23,24,25);1H. The van der Waals surface area contributed by atoms with Crippen LogP contribution in [-0.2, 0) is 6.42 Å². The van der Waals surface area contributed by atoms with Crippen molar-refractivity contribution in [1.29, 1.82) is 0 Å². The second-order valence-corrected chi connectivity index (χ2v) is 6.69. The maximum atomic E-state index is 5.53. The Kier molecular flexibility index (Phi) is 11.6. The Morgan fingerprint density at radius 1 is 1.04 bits per heavy atom. The largest absolute Gasteiger partial charge is 0.496 e. The van der Waals surface area contributed by atoms with Crippen LogP contribution < -0.4 is 15.4 Å². The molecule has 154 valence electrons. The molecule has 0 amide bonds. The predicted molar refractivity (Wildman–Crippen MR) is 129 cm³/mol. The highest BCUT2D eigenvalue weighted by atomic mass is 127. The van der Waals surface area contributed by atoms with Gasteiger partial charge in [-0.2, -0.15) is 0 Å². The van der Waals surface area contributed by atoms with E-state index in [1.54, 1.807) is 14.2 Å². The van der Waals surface area contributed by atoms with Crippen LogP contribution in [0.3, 0.4) is 0 Å². The molecule has 0 aromatic heterocycles. The molecule has 0 aliphatic rings. The van der Waals surface area contributed by atoms with Crippen LogP contribution in [0, 0.1) is 0 Å². The first-order chi connectivity index (χ1) is 13.2. The lowest BCUT2D eigenvalue weighted by atomic mass is 10.0. The minimum absolute atomic E-state index is 0. The first-order valence-corrected chi connectivity index (χ1v) is 9.43. The molecule has 1 unspecified atom stereocenters. The summed E-state index contributed by atoms with van der Waals surface area (Å²) in [6.45, 7) is 1.63. The lowest BCUT2D eigenvalue weighted by Crippen LogP contribution is -2.42. The van der Waals surface area contributed by atoms with E-state index in [9.17, 15) is 0 Å². The van der Waals surface area contributed by atoms with Crippen LogP contribution in [-0.4, -0.2) is 52.2 Å². The first-order valence-electron chi connectivity index (χ1n) is 9.43. The maximum Gasteiger partial charge on any atom is 0.191 e. The fourth-order valence-electron chi connectivity index (χ4n) is 3.07. The lowest BCUT2D eigenvalue weighted by molar-refractivity contribution is 0.287. The molecule has 0 heterocycles. The number of hydrogen-bond acceptors (Lipinski definition) is 3. The Balaban J connectivity index is 0.00000392. The van der Waals surface area contributed by atoms with Gasteiger partial charge < -0.3 is 20.3 Å². The van der Waals surface area contributed by atoms with Crippen molar-refractivity contribution in [3.63, 3.8) is 0 Å². The Morgan fingerprint density at radius 2 is 1.71 bits per heavy atom. The van der Waals surface area contributed by atoms with E-state index < -0.39 is 0 Å². The number of methoxy groups -OCH3 is 1. The number of halogens is 1. The third-order valence-electron chi connectivity index (χ3n) is 4.59. The van der Waals surface area contributed by atoms with Crippen LogP contribution in [0.15, 0.2) is 59.6 Å². The van der Waals surface area contributed by atoms with Gasteiger partial charge in [-0.1, -0.05) is 48.5 Å². The number of rotatable bonds is 9. The molecule has 2 aromatic carbocycles. The second kappa shape index (κ2) is 13.4. The number of para-hydroxylation sites is 1. The van der Waals surface area contributed by atoms with Gasteiger partial charge in [0.1, 0.15) is 5.75 Å². The van der Waals surface area contributed by atoms with E-state index in [2.05, 4.69) is 71.0 Å². The zero-order chi connectivity index (χ0) is 19.5. The van der Waals surface area contributed by atoms with Gasteiger partial charge in [0.25, 0.3) is 0 Å². The number of hydrogen-bond donors (Lipinski definition) is 2. The molecular weight excluding hydrogens is 463 g/mol. The summed E-state index contributed by atoms with van der Waals surface area (Å²) in [6, 6.07) is 18.9. The molecule has 0 aliphatic carbocycles. The molecule has 2 aromatic rings. The summed E-state index contributed by atoms with van der Waals surface area (Å²) in [5.74, 6) is 1.73. The zero-order valence-electron chi connectivity index (χ0n) is 17.3. The molecular formula is C22H33IN4O. The van der Waals surface area contributed by atoms with E-state index in [-0.39, 0.29) is 30.0 Å². The maximum absolute atomic E-state index is 5.53. The van der Waals surface area contributed by atoms with Crippen molar-refractivity contribution in [2.45, 2.75) is 18.9 Å². The third kappa shape index (κ3) is 7.67. The SMILES string of the molecule is CN=C(NCCCc1ccccc1)NCC(c1ccccc1OC)N(C)C.I. The molecule has 1 atom stereocenters. The van der Waals surface area contributed by atoms with Crippen LogP contribution in [0.2, 0.25) is 0 Å². The fourth-order valence-corrected chi connectivity index (χ4v) is 3.07. The molecule has 0 radical (unpaired) electrons. The molecule has 2 rings (SSSR count). The van der Waals surface area contributed by atoms with E-state index >= 15 is 0 Å². The van der Waals surface area contributed by atoms with E-state index in [1.165, 1.54) is 5.56 Å². The molecule has 0 aliphatic heterocycles. The molecule has 5 nitrogen and oxygen atoms in total. The minimum atomic E-state index is 0. The highest BCUT2D eigenvalue weighted by Crippen LogP contribution is 2.27. The van der Waals surface area contributed by atoms with Gasteiger partial charge in [-0.05, 0) is 38.6 Å². The van der Waals surface area contributed by atoms with Gasteiger partial charge in [-0.25, -0.2) is 0 Å². The monoisotopic (exact) mass is 496 g/mol. The Hall–Kier alpha value is -1.80. The van der Waals surface area contributed by atoms with E-state index in [0.717, 1.165) is 43.2 Å². The Bertz CT molecular complexity index is 707. The van der Waals surface area contributed by atoms with Crippen molar-refractivity contribution in [3.8, 4) is 5.75 Å². The average Bonchev–Trinajstić information content (AvgIpc) is 2.70. The lowest BCUT2D eigenvalue weighted by Gasteiger charge is -2.27. The van der Waals surface area contributed by atoms with E-state index in [4.69, 9.17) is 4.74 Å². The zero-order valence-corrected chi connectivity index (χ0v) is 19.6. The van der Waals surface area contributed by atoms with Crippen molar-refractivity contribution in [2.75, 3.05) is 41.3 Å². The van der Waals surface area contributed by atoms with Gasteiger partial charge in [0.05, 0.1) is 13.2 Å². The molecule has 6 heteroatoms. The highest BCUT2D eigenvalue weighted by molar-refractivity contribution is 14.0. The Morgan fingerprint density at radius 3 is 2.36 bits per heavy atom. The summed E-state index contributed by atoms with van der Waals surface area (Å²) in [5.41, 5.74) is 2.53. The van der Waals surface area contributed by atoms with Gasteiger partial charge >= 0.3 is 0 Å². The fraction of sp³-hybridized carbons (Fsp3) is 0.409. The van der Waals surface area contributed by atoms with Crippen molar-refractivity contribution < 1.29 is 4.74 Å². The van der Waals surface area contributed by atoms with E-state index in [0.29, 0.717) is 0 Å². The first kappa shape index (κ1) is 24.2. The second-order valence-electron chi connectivity index (χ2n) is 6.69. The van der Waals surface area contributed by atoms with Gasteiger partial charge in [0.2, 0.25) is 0 Å². The molecule has 28 heavy (non-hydrogen) atoms. The summed E-state index contributed by atoms with van der Waals surface area (Å²) < 4.78 is 5.53. The summed E-state index contributed by atoms with van der Waals surface area (Å²) in [5, 5.41) is 6.84. The number of aryl methyl sites for hydroxylation is 1. The highest BCUT2D eigenvalue weighted by Gasteiger charge is 2.18. The van der Waals surface area contributed by atoms with Crippen LogP contribution >= 0.6 is 24.0 Å². The van der Waals surface area contributed by atoms with Crippen LogP contribution in [0.25, 0.3) is 0 Å². The van der Waals surface area contributed by atoms with Crippen molar-refractivity contribution in [2.24, 2.45) is 4.99 Å². The number of aliphatic imine (C=N–C) groups is 1. The molecule has 0 spiro atoms. The Labute approximate surface area is 186 Å². The van der Waals surface area contributed by atoms with Crippen molar-refractivity contribution in [3.05, 3.63) is 65.7 Å². The van der Waals surface area contributed by atoms with Gasteiger partial charge in [-0.15, -0.1) is 24.0 Å². The molecule has 2 N–H and O–H groups in total. The number of nitrogens with zero attached hydrogens (tertiary/aromatic N) is 2. The average molecular weight is 496 g/mol. The summed E-state index contributed by atoms with van der Waals surface area (Å²) in [4.78, 5) is 6.53. The predicted octanol–water partition coefficient (Wildman–Crippen LogP) is 3.71. The minimum Gasteiger partial charge on any atom is -0.496 e. The molecule has 0 fully saturated rings. The number of benzene rings is 2. The van der Waals surface area contributed by atoms with Crippen molar-refractivity contribution in [1.82, 2.24) is 15.5 Å². The van der Waals surface area contributed by atoms with Gasteiger partial charge in [-0.3, -0.25) is 4.99 Å². The summed E-state index contributed by atoms with van der Waals surface area (Å²) >= 11 is 0. The van der Waals surface area contributed by atoms with Crippen LogP contribution in [0.5, 0.6) is 5.75 Å². The number of nitrogens with one attached hydrogen (secondary N) is 2. The molecule has 0 saturated carbocycles. The summed E-state index contributed by atoms with van der Waals surface area (Å²) in [6.07, 6.45) is 2.13. The van der Waals surface area contributed by atoms with Crippen LogP contribution in [0.4, 0.5) is 0 Å². The van der Waals surface area contributed by atoms with Crippen LogP contribution in [0.1, 0.15) is 23.6 Å². The topological polar surface area (TPSA) is 48.9 Å².